The Kier molecular flexibility index (Phi) is 3.92. The minimum absolute atomic E-state index is 0.176. The lowest BCUT2D eigenvalue weighted by Crippen LogP contribution is -2.30. The van der Waals surface area contributed by atoms with Gasteiger partial charge in [0.15, 0.2) is 0 Å². The monoisotopic (exact) mass is 237 g/mol. The lowest BCUT2D eigenvalue weighted by Gasteiger charge is -2.12. The van der Waals surface area contributed by atoms with Crippen LogP contribution in [0.4, 0.5) is 13.9 Å². The average Bonchev–Trinajstić information content (AvgIpc) is 2.63. The summed E-state index contributed by atoms with van der Waals surface area (Å²) in [6, 6.07) is 0. The molecule has 4 nitrogen and oxygen atoms in total. The summed E-state index contributed by atoms with van der Waals surface area (Å²) in [5.74, 6) is -2.31. The molecule has 15 heavy (non-hydrogen) atoms. The number of nitrogens with zero attached hydrogens (tertiary/aromatic N) is 2. The van der Waals surface area contributed by atoms with E-state index in [1.807, 2.05) is 13.8 Å². The molecule has 7 heteroatoms. The number of aliphatic hydroxyl groups excluding tert-OH is 1. The van der Waals surface area contributed by atoms with Crippen LogP contribution in [0.1, 0.15) is 25.6 Å². The molecule has 0 radical (unpaired) electrons. The number of aliphatic hydroxyl groups is 1. The molecule has 0 unspecified atom stereocenters. The van der Waals surface area contributed by atoms with E-state index in [-0.39, 0.29) is 5.92 Å². The van der Waals surface area contributed by atoms with E-state index in [1.165, 1.54) is 0 Å². The number of hydrogen-bond donors (Lipinski definition) is 2. The second-order valence-corrected chi connectivity index (χ2v) is 4.23. The summed E-state index contributed by atoms with van der Waals surface area (Å²) in [6.07, 6.45) is 0. The average molecular weight is 237 g/mol. The van der Waals surface area contributed by atoms with Crippen molar-refractivity contribution in [2.75, 3.05) is 18.5 Å². The standard InChI is InChI=1S/C8H13F2N3OS/c1-5(2)6-12-7(15-13-6)11-3-8(9,10)4-14/h5,14H,3-4H2,1-2H3,(H,11,12,13). The summed E-state index contributed by atoms with van der Waals surface area (Å²) in [5, 5.41) is 11.1. The van der Waals surface area contributed by atoms with Crippen LogP contribution in [0.15, 0.2) is 0 Å². The SMILES string of the molecule is CC(C)c1nsc(NCC(F)(F)CO)n1. The number of rotatable bonds is 5. The summed E-state index contributed by atoms with van der Waals surface area (Å²) in [6.45, 7) is 2.05. The first kappa shape index (κ1) is 12.3. The second kappa shape index (κ2) is 4.80. The van der Waals surface area contributed by atoms with Crippen molar-refractivity contribution in [3.8, 4) is 0 Å². The topological polar surface area (TPSA) is 58.0 Å². The fourth-order valence-electron chi connectivity index (χ4n) is 0.802. The highest BCUT2D eigenvalue weighted by Crippen LogP contribution is 2.19. The Morgan fingerprint density at radius 2 is 2.20 bits per heavy atom. The number of aromatic nitrogens is 2. The van der Waals surface area contributed by atoms with Gasteiger partial charge < -0.3 is 10.4 Å². The van der Waals surface area contributed by atoms with E-state index in [9.17, 15) is 8.78 Å². The first-order chi connectivity index (χ1) is 6.94. The van der Waals surface area contributed by atoms with Gasteiger partial charge >= 0.3 is 0 Å². The molecule has 0 saturated carbocycles. The van der Waals surface area contributed by atoms with Gasteiger partial charge in [-0.15, -0.1) is 0 Å². The number of nitrogens with one attached hydrogen (secondary N) is 1. The highest BCUT2D eigenvalue weighted by atomic mass is 32.1. The molecule has 0 spiro atoms. The van der Waals surface area contributed by atoms with Gasteiger partial charge in [-0.3, -0.25) is 0 Å². The summed E-state index contributed by atoms with van der Waals surface area (Å²) in [5.41, 5.74) is 0. The minimum atomic E-state index is -3.12. The first-order valence-corrected chi connectivity index (χ1v) is 5.28. The van der Waals surface area contributed by atoms with E-state index in [0.717, 1.165) is 11.5 Å². The van der Waals surface area contributed by atoms with Crippen LogP contribution in [0.2, 0.25) is 0 Å². The van der Waals surface area contributed by atoms with Crippen LogP contribution in [0.25, 0.3) is 0 Å². The van der Waals surface area contributed by atoms with E-state index in [4.69, 9.17) is 5.11 Å². The van der Waals surface area contributed by atoms with Crippen LogP contribution in [0.5, 0.6) is 0 Å². The van der Waals surface area contributed by atoms with Crippen LogP contribution in [0, 0.1) is 0 Å². The Bertz CT molecular complexity index is 317. The van der Waals surface area contributed by atoms with Gasteiger partial charge in [0.05, 0.1) is 6.54 Å². The van der Waals surface area contributed by atoms with Gasteiger partial charge in [-0.05, 0) is 0 Å². The third-order valence-electron chi connectivity index (χ3n) is 1.69. The number of halogens is 2. The van der Waals surface area contributed by atoms with Crippen molar-refractivity contribution < 1.29 is 13.9 Å². The summed E-state index contributed by atoms with van der Waals surface area (Å²) in [4.78, 5) is 4.03. The Hall–Kier alpha value is -0.820. The third-order valence-corrected chi connectivity index (χ3v) is 2.37. The predicted octanol–water partition coefficient (Wildman–Crippen LogP) is 1.70. The molecule has 0 amide bonds. The Morgan fingerprint density at radius 3 is 2.67 bits per heavy atom. The molecule has 1 aromatic heterocycles. The zero-order valence-corrected chi connectivity index (χ0v) is 9.31. The highest BCUT2D eigenvalue weighted by Gasteiger charge is 2.27. The van der Waals surface area contributed by atoms with Gasteiger partial charge in [0.25, 0.3) is 5.92 Å². The van der Waals surface area contributed by atoms with Crippen molar-refractivity contribution >= 4 is 16.7 Å². The van der Waals surface area contributed by atoms with E-state index >= 15 is 0 Å². The smallest absolute Gasteiger partial charge is 0.287 e. The molecule has 1 rings (SSSR count). The third kappa shape index (κ3) is 3.67. The van der Waals surface area contributed by atoms with Gasteiger partial charge in [-0.1, -0.05) is 13.8 Å². The van der Waals surface area contributed by atoms with E-state index < -0.39 is 19.1 Å². The van der Waals surface area contributed by atoms with E-state index in [0.29, 0.717) is 11.0 Å². The van der Waals surface area contributed by atoms with Gasteiger partial charge in [-0.25, -0.2) is 13.8 Å². The molecular weight excluding hydrogens is 224 g/mol. The van der Waals surface area contributed by atoms with Crippen LogP contribution in [-0.2, 0) is 0 Å². The first-order valence-electron chi connectivity index (χ1n) is 4.51. The van der Waals surface area contributed by atoms with E-state index in [1.54, 1.807) is 0 Å². The lowest BCUT2D eigenvalue weighted by molar-refractivity contribution is -0.0372. The normalized spacial score (nSPS) is 12.1. The fraction of sp³-hybridized carbons (Fsp3) is 0.750. The Balaban J connectivity index is 2.51. The van der Waals surface area contributed by atoms with Crippen molar-refractivity contribution in [1.82, 2.24) is 9.36 Å². The molecule has 86 valence electrons. The largest absolute Gasteiger partial charge is 0.390 e. The molecule has 0 aliphatic heterocycles. The summed E-state index contributed by atoms with van der Waals surface area (Å²) >= 11 is 1.04. The summed E-state index contributed by atoms with van der Waals surface area (Å²) < 4.78 is 29.3. The van der Waals surface area contributed by atoms with Gasteiger partial charge in [0.2, 0.25) is 5.13 Å². The number of anilines is 1. The molecule has 0 bridgehead atoms. The quantitative estimate of drug-likeness (QED) is 0.818. The Labute approximate surface area is 90.5 Å². The molecule has 0 aliphatic carbocycles. The van der Waals surface area contributed by atoms with E-state index in [2.05, 4.69) is 14.7 Å². The molecule has 1 heterocycles. The van der Waals surface area contributed by atoms with Crippen molar-refractivity contribution in [2.45, 2.75) is 25.7 Å². The van der Waals surface area contributed by atoms with Gasteiger partial charge in [0, 0.05) is 17.5 Å². The second-order valence-electron chi connectivity index (χ2n) is 3.48. The zero-order valence-electron chi connectivity index (χ0n) is 8.50. The maximum absolute atomic E-state index is 12.6. The zero-order chi connectivity index (χ0) is 11.5. The molecular formula is C8H13F2N3OS. The van der Waals surface area contributed by atoms with Crippen LogP contribution < -0.4 is 5.32 Å². The van der Waals surface area contributed by atoms with Crippen molar-refractivity contribution in [2.24, 2.45) is 0 Å². The number of alkyl halides is 2. The molecule has 1 aromatic rings. The lowest BCUT2D eigenvalue weighted by atomic mass is 10.2. The van der Waals surface area contributed by atoms with Crippen molar-refractivity contribution in [1.29, 1.82) is 0 Å². The highest BCUT2D eigenvalue weighted by molar-refractivity contribution is 7.09. The maximum Gasteiger partial charge on any atom is 0.287 e. The predicted molar refractivity (Wildman–Crippen MR) is 54.5 cm³/mol. The number of hydrogen-bond acceptors (Lipinski definition) is 5. The maximum atomic E-state index is 12.6. The molecule has 2 N–H and O–H groups in total. The van der Waals surface area contributed by atoms with Crippen LogP contribution in [-0.4, -0.2) is 33.5 Å². The molecule has 0 atom stereocenters. The molecule has 0 fully saturated rings. The van der Waals surface area contributed by atoms with Crippen LogP contribution >= 0.6 is 11.5 Å². The molecule has 0 aliphatic rings. The van der Waals surface area contributed by atoms with Gasteiger partial charge in [-0.2, -0.15) is 4.37 Å². The van der Waals surface area contributed by atoms with Gasteiger partial charge in [0.1, 0.15) is 12.4 Å². The Morgan fingerprint density at radius 1 is 1.53 bits per heavy atom. The van der Waals surface area contributed by atoms with Crippen molar-refractivity contribution in [3.63, 3.8) is 0 Å². The molecule has 0 saturated heterocycles. The summed E-state index contributed by atoms with van der Waals surface area (Å²) in [7, 11) is 0. The minimum Gasteiger partial charge on any atom is -0.390 e. The fourth-order valence-corrected chi connectivity index (χ4v) is 1.50. The molecule has 0 aromatic carbocycles. The van der Waals surface area contributed by atoms with Crippen LogP contribution in [0.3, 0.4) is 0 Å². The van der Waals surface area contributed by atoms with Crippen molar-refractivity contribution in [3.05, 3.63) is 5.82 Å².